The monoisotopic (exact) mass is 472 g/mol. The summed E-state index contributed by atoms with van der Waals surface area (Å²) in [6.07, 6.45) is 0.556. The van der Waals surface area contributed by atoms with Crippen LogP contribution < -0.4 is 10.1 Å². The second-order valence-corrected chi connectivity index (χ2v) is 8.26. The van der Waals surface area contributed by atoms with Gasteiger partial charge in [-0.1, -0.05) is 47.5 Å². The molecule has 166 valence electrons. The van der Waals surface area contributed by atoms with Crippen LogP contribution in [0.1, 0.15) is 32.1 Å². The van der Waals surface area contributed by atoms with E-state index in [1.165, 1.54) is 0 Å². The normalized spacial score (nSPS) is 13.1. The first-order valence-corrected chi connectivity index (χ1v) is 10.9. The zero-order valence-electron chi connectivity index (χ0n) is 17.5. The molecule has 0 saturated heterocycles. The molecule has 9 heteroatoms. The SMILES string of the molecule is COc1ccccc1CN1CCn2nc(C(=O)NCCc3ccc(Cl)cc3Cl)cc2C1=O. The number of hydrogen-bond donors (Lipinski definition) is 1. The van der Waals surface area contributed by atoms with Crippen LogP contribution in [0.4, 0.5) is 0 Å². The third-order valence-corrected chi connectivity index (χ3v) is 5.94. The molecular weight excluding hydrogens is 451 g/mol. The highest BCUT2D eigenvalue weighted by Crippen LogP contribution is 2.23. The Hall–Kier alpha value is -3.03. The summed E-state index contributed by atoms with van der Waals surface area (Å²) in [5.41, 5.74) is 2.43. The van der Waals surface area contributed by atoms with E-state index in [0.29, 0.717) is 48.3 Å². The van der Waals surface area contributed by atoms with Crippen molar-refractivity contribution in [3.63, 3.8) is 0 Å². The number of methoxy groups -OCH3 is 1. The van der Waals surface area contributed by atoms with Crippen molar-refractivity contribution in [2.45, 2.75) is 19.5 Å². The van der Waals surface area contributed by atoms with Gasteiger partial charge in [0.15, 0.2) is 5.69 Å². The fraction of sp³-hybridized carbons (Fsp3) is 0.261. The summed E-state index contributed by atoms with van der Waals surface area (Å²) >= 11 is 12.1. The summed E-state index contributed by atoms with van der Waals surface area (Å²) in [4.78, 5) is 27.3. The van der Waals surface area contributed by atoms with E-state index in [1.54, 1.807) is 34.9 Å². The number of amides is 2. The molecule has 0 saturated carbocycles. The lowest BCUT2D eigenvalue weighted by Gasteiger charge is -2.28. The predicted molar refractivity (Wildman–Crippen MR) is 122 cm³/mol. The molecule has 32 heavy (non-hydrogen) atoms. The van der Waals surface area contributed by atoms with Gasteiger partial charge in [0.25, 0.3) is 11.8 Å². The highest BCUT2D eigenvalue weighted by atomic mass is 35.5. The maximum absolute atomic E-state index is 13.0. The number of para-hydroxylation sites is 1. The quantitative estimate of drug-likeness (QED) is 0.566. The average Bonchev–Trinajstić information content (AvgIpc) is 3.23. The standard InChI is InChI=1S/C23H22Cl2N4O3/c1-32-21-5-3-2-4-16(21)14-28-10-11-29-20(23(28)31)13-19(27-29)22(30)26-9-8-15-6-7-17(24)12-18(15)25/h2-7,12-13H,8-11,14H2,1H3,(H,26,30). The largest absolute Gasteiger partial charge is 0.496 e. The Kier molecular flexibility index (Phi) is 6.67. The fourth-order valence-electron chi connectivity index (χ4n) is 3.67. The van der Waals surface area contributed by atoms with Crippen LogP contribution in [-0.4, -0.2) is 46.7 Å². The number of nitrogens with one attached hydrogen (secondary N) is 1. The number of nitrogens with zero attached hydrogens (tertiary/aromatic N) is 3. The van der Waals surface area contributed by atoms with E-state index in [-0.39, 0.29) is 17.5 Å². The van der Waals surface area contributed by atoms with Crippen molar-refractivity contribution in [2.24, 2.45) is 0 Å². The smallest absolute Gasteiger partial charge is 0.272 e. The predicted octanol–water partition coefficient (Wildman–Crippen LogP) is 3.83. The highest BCUT2D eigenvalue weighted by Gasteiger charge is 2.28. The van der Waals surface area contributed by atoms with Gasteiger partial charge in [-0.25, -0.2) is 0 Å². The van der Waals surface area contributed by atoms with Crippen LogP contribution in [0.15, 0.2) is 48.5 Å². The van der Waals surface area contributed by atoms with Gasteiger partial charge in [0.2, 0.25) is 0 Å². The minimum atomic E-state index is -0.332. The molecule has 0 aliphatic carbocycles. The van der Waals surface area contributed by atoms with Crippen LogP contribution in [-0.2, 0) is 19.5 Å². The van der Waals surface area contributed by atoms with Crippen LogP contribution in [0.2, 0.25) is 10.0 Å². The average molecular weight is 473 g/mol. The summed E-state index contributed by atoms with van der Waals surface area (Å²) in [7, 11) is 1.61. The number of halogens is 2. The summed E-state index contributed by atoms with van der Waals surface area (Å²) in [6, 6.07) is 14.4. The fourth-order valence-corrected chi connectivity index (χ4v) is 4.17. The lowest BCUT2D eigenvalue weighted by atomic mass is 10.1. The van der Waals surface area contributed by atoms with E-state index < -0.39 is 0 Å². The van der Waals surface area contributed by atoms with E-state index >= 15 is 0 Å². The molecule has 1 N–H and O–H groups in total. The number of fused-ring (bicyclic) bond motifs is 1. The Labute approximate surface area is 195 Å². The van der Waals surface area contributed by atoms with E-state index in [9.17, 15) is 9.59 Å². The summed E-state index contributed by atoms with van der Waals surface area (Å²) in [5.74, 6) is 0.239. The lowest BCUT2D eigenvalue weighted by Crippen LogP contribution is -2.39. The molecule has 1 aliphatic heterocycles. The number of carbonyl (C=O) groups excluding carboxylic acids is 2. The number of aromatic nitrogens is 2. The second-order valence-electron chi connectivity index (χ2n) is 7.42. The van der Waals surface area contributed by atoms with E-state index in [2.05, 4.69) is 10.4 Å². The minimum Gasteiger partial charge on any atom is -0.496 e. The summed E-state index contributed by atoms with van der Waals surface area (Å²) < 4.78 is 6.98. The maximum atomic E-state index is 13.0. The van der Waals surface area contributed by atoms with Gasteiger partial charge >= 0.3 is 0 Å². The van der Waals surface area contributed by atoms with Crippen molar-refractivity contribution < 1.29 is 14.3 Å². The third kappa shape index (κ3) is 4.74. The maximum Gasteiger partial charge on any atom is 0.272 e. The summed E-state index contributed by atoms with van der Waals surface area (Å²) in [6.45, 7) is 1.83. The first-order valence-electron chi connectivity index (χ1n) is 10.2. The molecule has 0 fully saturated rings. The van der Waals surface area contributed by atoms with Crippen LogP contribution in [0.5, 0.6) is 5.75 Å². The van der Waals surface area contributed by atoms with E-state index in [0.717, 1.165) is 16.9 Å². The van der Waals surface area contributed by atoms with Crippen molar-refractivity contribution in [1.29, 1.82) is 0 Å². The third-order valence-electron chi connectivity index (χ3n) is 5.35. The number of benzene rings is 2. The molecule has 0 bridgehead atoms. The topological polar surface area (TPSA) is 76.5 Å². The Morgan fingerprint density at radius 2 is 1.94 bits per heavy atom. The minimum absolute atomic E-state index is 0.165. The molecule has 2 heterocycles. The van der Waals surface area contributed by atoms with Crippen LogP contribution in [0.3, 0.4) is 0 Å². The molecule has 7 nitrogen and oxygen atoms in total. The van der Waals surface area contributed by atoms with E-state index in [1.807, 2.05) is 30.3 Å². The van der Waals surface area contributed by atoms with Crippen molar-refractivity contribution in [1.82, 2.24) is 20.0 Å². The number of rotatable bonds is 7. The van der Waals surface area contributed by atoms with Gasteiger partial charge in [0.1, 0.15) is 11.4 Å². The molecule has 2 amide bonds. The Bertz CT molecular complexity index is 1160. The molecule has 0 spiro atoms. The van der Waals surface area contributed by atoms with Gasteiger partial charge in [0, 0.05) is 41.3 Å². The highest BCUT2D eigenvalue weighted by molar-refractivity contribution is 6.35. The van der Waals surface area contributed by atoms with Gasteiger partial charge < -0.3 is 15.0 Å². The van der Waals surface area contributed by atoms with Gasteiger partial charge in [-0.3, -0.25) is 14.3 Å². The molecular formula is C23H22Cl2N4O3. The number of hydrogen-bond acceptors (Lipinski definition) is 4. The van der Waals surface area contributed by atoms with Crippen LogP contribution in [0, 0.1) is 0 Å². The van der Waals surface area contributed by atoms with Gasteiger partial charge in [0.05, 0.1) is 13.7 Å². The summed E-state index contributed by atoms with van der Waals surface area (Å²) in [5, 5.41) is 8.28. The van der Waals surface area contributed by atoms with Gasteiger partial charge in [-0.15, -0.1) is 0 Å². The van der Waals surface area contributed by atoms with Gasteiger partial charge in [-0.05, 0) is 30.2 Å². The van der Waals surface area contributed by atoms with Crippen molar-refractivity contribution >= 4 is 35.0 Å². The van der Waals surface area contributed by atoms with Gasteiger partial charge in [-0.2, -0.15) is 5.10 Å². The number of ether oxygens (including phenoxy) is 1. The Morgan fingerprint density at radius 1 is 1.12 bits per heavy atom. The zero-order chi connectivity index (χ0) is 22.7. The first kappa shape index (κ1) is 22.2. The first-order chi connectivity index (χ1) is 15.5. The van der Waals surface area contributed by atoms with Crippen molar-refractivity contribution in [3.05, 3.63) is 81.1 Å². The molecule has 0 atom stereocenters. The molecule has 1 aliphatic rings. The molecule has 4 rings (SSSR count). The van der Waals surface area contributed by atoms with Crippen molar-refractivity contribution in [3.8, 4) is 5.75 Å². The molecule has 2 aromatic carbocycles. The molecule has 0 unspecified atom stereocenters. The van der Waals surface area contributed by atoms with Crippen molar-refractivity contribution in [2.75, 3.05) is 20.2 Å². The molecule has 3 aromatic rings. The molecule has 1 aromatic heterocycles. The van der Waals surface area contributed by atoms with Crippen LogP contribution in [0.25, 0.3) is 0 Å². The lowest BCUT2D eigenvalue weighted by molar-refractivity contribution is 0.0681. The zero-order valence-corrected chi connectivity index (χ0v) is 19.0. The molecule has 0 radical (unpaired) electrons. The Balaban J connectivity index is 1.39. The number of carbonyl (C=O) groups is 2. The second kappa shape index (κ2) is 9.63. The Morgan fingerprint density at radius 3 is 2.72 bits per heavy atom. The van der Waals surface area contributed by atoms with E-state index in [4.69, 9.17) is 27.9 Å². The van der Waals surface area contributed by atoms with Crippen LogP contribution >= 0.6 is 23.2 Å².